The van der Waals surface area contributed by atoms with Gasteiger partial charge in [0.15, 0.2) is 0 Å². The minimum Gasteiger partial charge on any atom is -0.496 e. The number of aliphatic hydroxyl groups excluding tert-OH is 1. The SMILES string of the molecule is COc1ccc(OC)c2c1CC[C@](O)([C@H](C)O)C2. The zero-order valence-corrected chi connectivity index (χ0v) is 11.1. The first-order valence-corrected chi connectivity index (χ1v) is 6.15. The van der Waals surface area contributed by atoms with Crippen LogP contribution in [0.25, 0.3) is 0 Å². The standard InChI is InChI=1S/C14H20O4/c1-9(15)14(16)7-6-10-11(8-14)13(18-3)5-4-12(10)17-2/h4-5,9,15-16H,6-8H2,1-3H3/t9-,14+/m0/s1. The molecule has 0 aliphatic heterocycles. The van der Waals surface area contributed by atoms with E-state index in [9.17, 15) is 10.2 Å². The van der Waals surface area contributed by atoms with Crippen LogP contribution in [-0.2, 0) is 12.8 Å². The van der Waals surface area contributed by atoms with Gasteiger partial charge in [-0.25, -0.2) is 0 Å². The molecule has 0 radical (unpaired) electrons. The lowest BCUT2D eigenvalue weighted by Gasteiger charge is -2.36. The van der Waals surface area contributed by atoms with Crippen LogP contribution in [-0.4, -0.2) is 36.1 Å². The summed E-state index contributed by atoms with van der Waals surface area (Å²) in [4.78, 5) is 0. The number of aliphatic hydroxyl groups is 2. The molecule has 18 heavy (non-hydrogen) atoms. The predicted molar refractivity (Wildman–Crippen MR) is 68.2 cm³/mol. The molecule has 0 amide bonds. The van der Waals surface area contributed by atoms with E-state index in [4.69, 9.17) is 9.47 Å². The van der Waals surface area contributed by atoms with Crippen LogP contribution in [0.2, 0.25) is 0 Å². The van der Waals surface area contributed by atoms with Gasteiger partial charge in [0.2, 0.25) is 0 Å². The van der Waals surface area contributed by atoms with Gasteiger partial charge in [0.05, 0.1) is 25.9 Å². The summed E-state index contributed by atoms with van der Waals surface area (Å²) >= 11 is 0. The van der Waals surface area contributed by atoms with Gasteiger partial charge in [0.25, 0.3) is 0 Å². The number of methoxy groups -OCH3 is 2. The Hall–Kier alpha value is -1.26. The average Bonchev–Trinajstić information content (AvgIpc) is 2.37. The van der Waals surface area contributed by atoms with Crippen molar-refractivity contribution < 1.29 is 19.7 Å². The first-order chi connectivity index (χ1) is 8.51. The lowest BCUT2D eigenvalue weighted by atomic mass is 9.77. The second kappa shape index (κ2) is 4.78. The molecule has 2 atom stereocenters. The molecule has 0 bridgehead atoms. The fraction of sp³-hybridized carbons (Fsp3) is 0.571. The van der Waals surface area contributed by atoms with Crippen molar-refractivity contribution >= 4 is 0 Å². The Labute approximate surface area is 107 Å². The quantitative estimate of drug-likeness (QED) is 0.851. The molecule has 2 N–H and O–H groups in total. The lowest BCUT2D eigenvalue weighted by molar-refractivity contribution is -0.0748. The van der Waals surface area contributed by atoms with Crippen LogP contribution < -0.4 is 9.47 Å². The number of hydrogen-bond donors (Lipinski definition) is 2. The van der Waals surface area contributed by atoms with Crippen LogP contribution in [0.3, 0.4) is 0 Å². The van der Waals surface area contributed by atoms with E-state index in [1.165, 1.54) is 0 Å². The van der Waals surface area contributed by atoms with E-state index in [-0.39, 0.29) is 0 Å². The van der Waals surface area contributed by atoms with Gasteiger partial charge in [-0.05, 0) is 31.9 Å². The second-order valence-corrected chi connectivity index (χ2v) is 4.88. The van der Waals surface area contributed by atoms with Crippen molar-refractivity contribution in [3.8, 4) is 11.5 Å². The number of ether oxygens (including phenoxy) is 2. The summed E-state index contributed by atoms with van der Waals surface area (Å²) in [6.07, 6.45) is 0.833. The molecular weight excluding hydrogens is 232 g/mol. The highest BCUT2D eigenvalue weighted by atomic mass is 16.5. The van der Waals surface area contributed by atoms with Gasteiger partial charge in [0, 0.05) is 17.5 Å². The summed E-state index contributed by atoms with van der Waals surface area (Å²) in [5.41, 5.74) is 0.931. The first-order valence-electron chi connectivity index (χ1n) is 6.15. The highest BCUT2D eigenvalue weighted by molar-refractivity contribution is 5.51. The monoisotopic (exact) mass is 252 g/mol. The normalized spacial score (nSPS) is 24.3. The minimum atomic E-state index is -1.08. The topological polar surface area (TPSA) is 58.9 Å². The van der Waals surface area contributed by atoms with Gasteiger partial charge in [-0.15, -0.1) is 0 Å². The van der Waals surface area contributed by atoms with Crippen molar-refractivity contribution in [2.75, 3.05) is 14.2 Å². The van der Waals surface area contributed by atoms with Crippen molar-refractivity contribution in [1.82, 2.24) is 0 Å². The molecule has 1 aromatic rings. The highest BCUT2D eigenvalue weighted by Crippen LogP contribution is 2.40. The van der Waals surface area contributed by atoms with Crippen molar-refractivity contribution in [2.24, 2.45) is 0 Å². The lowest BCUT2D eigenvalue weighted by Crippen LogP contribution is -2.45. The Bertz CT molecular complexity index is 442. The summed E-state index contributed by atoms with van der Waals surface area (Å²) in [5, 5.41) is 20.2. The fourth-order valence-electron chi connectivity index (χ4n) is 2.59. The third-order valence-electron chi connectivity index (χ3n) is 3.85. The van der Waals surface area contributed by atoms with Crippen molar-refractivity contribution in [3.05, 3.63) is 23.3 Å². The number of hydrogen-bond acceptors (Lipinski definition) is 4. The number of fused-ring (bicyclic) bond motifs is 1. The third kappa shape index (κ3) is 2.06. The summed E-state index contributed by atoms with van der Waals surface area (Å²) in [5.74, 6) is 1.56. The number of benzene rings is 1. The summed E-state index contributed by atoms with van der Waals surface area (Å²) in [7, 11) is 3.25. The minimum absolute atomic E-state index is 0.389. The maximum atomic E-state index is 10.4. The molecule has 0 unspecified atom stereocenters. The van der Waals surface area contributed by atoms with E-state index >= 15 is 0 Å². The molecule has 0 saturated heterocycles. The fourth-order valence-corrected chi connectivity index (χ4v) is 2.59. The Balaban J connectivity index is 2.47. The molecule has 2 rings (SSSR count). The zero-order valence-electron chi connectivity index (χ0n) is 11.1. The van der Waals surface area contributed by atoms with Gasteiger partial charge in [0.1, 0.15) is 11.5 Å². The predicted octanol–water partition coefficient (Wildman–Crippen LogP) is 1.30. The maximum Gasteiger partial charge on any atom is 0.122 e. The van der Waals surface area contributed by atoms with Gasteiger partial charge in [-0.3, -0.25) is 0 Å². The molecule has 0 fully saturated rings. The third-order valence-corrected chi connectivity index (χ3v) is 3.85. The largest absolute Gasteiger partial charge is 0.496 e. The first kappa shape index (κ1) is 13.2. The van der Waals surface area contributed by atoms with E-state index in [1.807, 2.05) is 12.1 Å². The van der Waals surface area contributed by atoms with Crippen LogP contribution in [0, 0.1) is 0 Å². The highest BCUT2D eigenvalue weighted by Gasteiger charge is 2.38. The summed E-state index contributed by atoms with van der Waals surface area (Å²) < 4.78 is 10.7. The van der Waals surface area contributed by atoms with Crippen LogP contribution in [0.15, 0.2) is 12.1 Å². The van der Waals surface area contributed by atoms with Crippen LogP contribution in [0.4, 0.5) is 0 Å². The number of rotatable bonds is 3. The maximum absolute atomic E-state index is 10.4. The Morgan fingerprint density at radius 1 is 1.17 bits per heavy atom. The molecule has 0 saturated carbocycles. The Morgan fingerprint density at radius 2 is 1.72 bits per heavy atom. The van der Waals surface area contributed by atoms with E-state index in [1.54, 1.807) is 21.1 Å². The summed E-state index contributed by atoms with van der Waals surface area (Å²) in [6.45, 7) is 1.62. The molecule has 1 aliphatic rings. The van der Waals surface area contributed by atoms with Gasteiger partial charge >= 0.3 is 0 Å². The van der Waals surface area contributed by atoms with Gasteiger partial charge < -0.3 is 19.7 Å². The average molecular weight is 252 g/mol. The molecule has 4 heteroatoms. The van der Waals surface area contributed by atoms with E-state index < -0.39 is 11.7 Å². The van der Waals surface area contributed by atoms with Crippen LogP contribution >= 0.6 is 0 Å². The zero-order chi connectivity index (χ0) is 13.3. The molecule has 0 heterocycles. The molecule has 0 aromatic heterocycles. The van der Waals surface area contributed by atoms with E-state index in [0.717, 1.165) is 22.6 Å². The van der Waals surface area contributed by atoms with Crippen LogP contribution in [0.1, 0.15) is 24.5 Å². The molecular formula is C14H20O4. The molecule has 100 valence electrons. The van der Waals surface area contributed by atoms with Gasteiger partial charge in [-0.1, -0.05) is 0 Å². The smallest absolute Gasteiger partial charge is 0.122 e. The Morgan fingerprint density at radius 3 is 2.22 bits per heavy atom. The second-order valence-electron chi connectivity index (χ2n) is 4.88. The van der Waals surface area contributed by atoms with Crippen LogP contribution in [0.5, 0.6) is 11.5 Å². The van der Waals surface area contributed by atoms with Gasteiger partial charge in [-0.2, -0.15) is 0 Å². The molecule has 1 aliphatic carbocycles. The molecule has 1 aromatic carbocycles. The summed E-state index contributed by atoms with van der Waals surface area (Å²) in [6, 6.07) is 3.72. The van der Waals surface area contributed by atoms with Crippen molar-refractivity contribution in [3.63, 3.8) is 0 Å². The van der Waals surface area contributed by atoms with Crippen molar-refractivity contribution in [2.45, 2.75) is 37.9 Å². The molecule has 4 nitrogen and oxygen atoms in total. The van der Waals surface area contributed by atoms with Crippen molar-refractivity contribution in [1.29, 1.82) is 0 Å². The Kier molecular flexibility index (Phi) is 3.50. The van der Waals surface area contributed by atoms with E-state index in [2.05, 4.69) is 0 Å². The van der Waals surface area contributed by atoms with E-state index in [0.29, 0.717) is 19.3 Å². The molecule has 0 spiro atoms.